The standard InChI is InChI=1S/C16H13NO2S/c1-11-9-12(10-17)3-8-15(11)20-14-6-4-13(5-7-14)16(18)19-2/h3-9H,1-2H3. The van der Waals surface area contributed by atoms with Crippen molar-refractivity contribution in [3.05, 3.63) is 59.2 Å². The van der Waals surface area contributed by atoms with E-state index in [1.807, 2.05) is 31.2 Å². The highest BCUT2D eigenvalue weighted by Crippen LogP contribution is 2.30. The number of nitrogens with zero attached hydrogens (tertiary/aromatic N) is 1. The monoisotopic (exact) mass is 283 g/mol. The topological polar surface area (TPSA) is 50.1 Å². The molecule has 0 atom stereocenters. The van der Waals surface area contributed by atoms with Gasteiger partial charge in [0, 0.05) is 9.79 Å². The molecule has 0 saturated heterocycles. The van der Waals surface area contributed by atoms with Gasteiger partial charge in [0.1, 0.15) is 0 Å². The Morgan fingerprint density at radius 1 is 1.20 bits per heavy atom. The van der Waals surface area contributed by atoms with Crippen LogP contribution in [0.25, 0.3) is 0 Å². The molecule has 0 amide bonds. The first-order valence-corrected chi connectivity index (χ1v) is 6.82. The Bertz CT molecular complexity index is 672. The average Bonchev–Trinajstić information content (AvgIpc) is 2.49. The number of carbonyl (C=O) groups is 1. The van der Waals surface area contributed by atoms with E-state index in [9.17, 15) is 4.79 Å². The van der Waals surface area contributed by atoms with Crippen molar-refractivity contribution >= 4 is 17.7 Å². The van der Waals surface area contributed by atoms with E-state index < -0.39 is 0 Å². The second kappa shape index (κ2) is 6.27. The number of carbonyl (C=O) groups excluding carboxylic acids is 1. The van der Waals surface area contributed by atoms with Gasteiger partial charge in [0.25, 0.3) is 0 Å². The fourth-order valence-electron chi connectivity index (χ4n) is 1.74. The maximum absolute atomic E-state index is 11.3. The fraction of sp³-hybridized carbons (Fsp3) is 0.125. The van der Waals surface area contributed by atoms with Gasteiger partial charge in [-0.05, 0) is 55.0 Å². The zero-order valence-electron chi connectivity index (χ0n) is 11.2. The third-order valence-electron chi connectivity index (χ3n) is 2.81. The molecule has 0 aliphatic carbocycles. The zero-order chi connectivity index (χ0) is 14.5. The summed E-state index contributed by atoms with van der Waals surface area (Å²) in [6.45, 7) is 1.98. The normalized spacial score (nSPS) is 9.85. The molecule has 0 radical (unpaired) electrons. The lowest BCUT2D eigenvalue weighted by Gasteiger charge is -2.06. The second-order valence-corrected chi connectivity index (χ2v) is 5.33. The first-order chi connectivity index (χ1) is 9.63. The summed E-state index contributed by atoms with van der Waals surface area (Å²) in [7, 11) is 1.37. The van der Waals surface area contributed by atoms with Gasteiger partial charge < -0.3 is 4.74 Å². The number of esters is 1. The van der Waals surface area contributed by atoms with E-state index in [-0.39, 0.29) is 5.97 Å². The molecule has 3 nitrogen and oxygen atoms in total. The van der Waals surface area contributed by atoms with Gasteiger partial charge in [-0.1, -0.05) is 11.8 Å². The van der Waals surface area contributed by atoms with Crippen molar-refractivity contribution in [2.24, 2.45) is 0 Å². The minimum Gasteiger partial charge on any atom is -0.465 e. The molecule has 0 fully saturated rings. The molecule has 2 rings (SSSR count). The van der Waals surface area contributed by atoms with Crippen molar-refractivity contribution in [2.75, 3.05) is 7.11 Å². The van der Waals surface area contributed by atoms with Crippen LogP contribution in [0.3, 0.4) is 0 Å². The summed E-state index contributed by atoms with van der Waals surface area (Å²) in [5.74, 6) is -0.337. The Balaban J connectivity index is 2.18. The van der Waals surface area contributed by atoms with Crippen LogP contribution >= 0.6 is 11.8 Å². The van der Waals surface area contributed by atoms with Crippen molar-refractivity contribution in [1.82, 2.24) is 0 Å². The number of nitriles is 1. The lowest BCUT2D eigenvalue weighted by atomic mass is 10.2. The highest BCUT2D eigenvalue weighted by molar-refractivity contribution is 7.99. The van der Waals surface area contributed by atoms with Gasteiger partial charge in [-0.25, -0.2) is 4.79 Å². The van der Waals surface area contributed by atoms with E-state index in [0.29, 0.717) is 11.1 Å². The fourth-order valence-corrected chi connectivity index (χ4v) is 2.62. The average molecular weight is 283 g/mol. The van der Waals surface area contributed by atoms with E-state index >= 15 is 0 Å². The molecule has 0 aliphatic heterocycles. The summed E-state index contributed by atoms with van der Waals surface area (Å²) in [6.07, 6.45) is 0. The molecule has 0 aromatic heterocycles. The van der Waals surface area contributed by atoms with E-state index in [2.05, 4.69) is 10.8 Å². The number of hydrogen-bond acceptors (Lipinski definition) is 4. The quantitative estimate of drug-likeness (QED) is 0.804. The van der Waals surface area contributed by atoms with Crippen molar-refractivity contribution in [2.45, 2.75) is 16.7 Å². The predicted octanol–water partition coefficient (Wildman–Crippen LogP) is 3.80. The molecule has 20 heavy (non-hydrogen) atoms. The minimum atomic E-state index is -0.337. The smallest absolute Gasteiger partial charge is 0.337 e. The molecule has 2 aromatic rings. The lowest BCUT2D eigenvalue weighted by molar-refractivity contribution is 0.0600. The van der Waals surface area contributed by atoms with Gasteiger partial charge >= 0.3 is 5.97 Å². The second-order valence-electron chi connectivity index (χ2n) is 4.21. The van der Waals surface area contributed by atoms with E-state index in [1.54, 1.807) is 30.0 Å². The summed E-state index contributed by atoms with van der Waals surface area (Å²) in [5, 5.41) is 8.85. The molecular formula is C16H13NO2S. The van der Waals surface area contributed by atoms with Gasteiger partial charge in [0.2, 0.25) is 0 Å². The van der Waals surface area contributed by atoms with E-state index in [1.165, 1.54) is 7.11 Å². The maximum atomic E-state index is 11.3. The number of methoxy groups -OCH3 is 1. The van der Waals surface area contributed by atoms with Gasteiger partial charge in [-0.15, -0.1) is 0 Å². The number of ether oxygens (including phenoxy) is 1. The summed E-state index contributed by atoms with van der Waals surface area (Å²) in [4.78, 5) is 13.5. The van der Waals surface area contributed by atoms with Crippen LogP contribution in [0, 0.1) is 18.3 Å². The van der Waals surface area contributed by atoms with Crippen LogP contribution in [-0.2, 0) is 4.74 Å². The Kier molecular flexibility index (Phi) is 4.44. The highest BCUT2D eigenvalue weighted by Gasteiger charge is 2.06. The van der Waals surface area contributed by atoms with Crippen LogP contribution < -0.4 is 0 Å². The van der Waals surface area contributed by atoms with Crippen molar-refractivity contribution < 1.29 is 9.53 Å². The molecule has 0 spiro atoms. The predicted molar refractivity (Wildman–Crippen MR) is 77.8 cm³/mol. The molecular weight excluding hydrogens is 270 g/mol. The van der Waals surface area contributed by atoms with Gasteiger partial charge in [0.15, 0.2) is 0 Å². The van der Waals surface area contributed by atoms with Gasteiger partial charge in [-0.3, -0.25) is 0 Å². The Hall–Kier alpha value is -2.25. The molecule has 2 aromatic carbocycles. The molecule has 0 N–H and O–H groups in total. The highest BCUT2D eigenvalue weighted by atomic mass is 32.2. The van der Waals surface area contributed by atoms with E-state index in [4.69, 9.17) is 5.26 Å². The van der Waals surface area contributed by atoms with Crippen LogP contribution in [-0.4, -0.2) is 13.1 Å². The van der Waals surface area contributed by atoms with Crippen molar-refractivity contribution in [3.63, 3.8) is 0 Å². The van der Waals surface area contributed by atoms with Crippen molar-refractivity contribution in [3.8, 4) is 6.07 Å². The summed E-state index contributed by atoms with van der Waals surface area (Å²) < 4.78 is 4.66. The zero-order valence-corrected chi connectivity index (χ0v) is 12.0. The molecule has 100 valence electrons. The van der Waals surface area contributed by atoms with Crippen LogP contribution in [0.5, 0.6) is 0 Å². The Morgan fingerprint density at radius 2 is 1.90 bits per heavy atom. The maximum Gasteiger partial charge on any atom is 0.337 e. The van der Waals surface area contributed by atoms with E-state index in [0.717, 1.165) is 15.4 Å². The molecule has 0 bridgehead atoms. The summed E-state index contributed by atoms with van der Waals surface area (Å²) in [6, 6.07) is 15.0. The molecule has 4 heteroatoms. The minimum absolute atomic E-state index is 0.337. The number of hydrogen-bond donors (Lipinski definition) is 0. The number of rotatable bonds is 3. The first-order valence-electron chi connectivity index (χ1n) is 6.01. The van der Waals surface area contributed by atoms with Gasteiger partial charge in [0.05, 0.1) is 24.3 Å². The molecule has 0 unspecified atom stereocenters. The van der Waals surface area contributed by atoms with Crippen LogP contribution in [0.1, 0.15) is 21.5 Å². The third-order valence-corrected chi connectivity index (χ3v) is 3.99. The Labute approximate surface area is 122 Å². The van der Waals surface area contributed by atoms with Crippen LogP contribution in [0.4, 0.5) is 0 Å². The molecule has 0 heterocycles. The number of benzene rings is 2. The molecule has 0 aliphatic rings. The number of aryl methyl sites for hydroxylation is 1. The van der Waals surface area contributed by atoms with Crippen LogP contribution in [0.15, 0.2) is 52.3 Å². The summed E-state index contributed by atoms with van der Waals surface area (Å²) in [5.41, 5.74) is 2.26. The largest absolute Gasteiger partial charge is 0.465 e. The lowest BCUT2D eigenvalue weighted by Crippen LogP contribution is -2.00. The summed E-state index contributed by atoms with van der Waals surface area (Å²) >= 11 is 1.60. The van der Waals surface area contributed by atoms with Crippen molar-refractivity contribution in [1.29, 1.82) is 5.26 Å². The van der Waals surface area contributed by atoms with Crippen LogP contribution in [0.2, 0.25) is 0 Å². The van der Waals surface area contributed by atoms with Gasteiger partial charge in [-0.2, -0.15) is 5.26 Å². The Morgan fingerprint density at radius 3 is 2.45 bits per heavy atom. The first kappa shape index (κ1) is 14.2. The SMILES string of the molecule is COC(=O)c1ccc(Sc2ccc(C#N)cc2C)cc1. The third kappa shape index (κ3) is 3.19. The molecule has 0 saturated carbocycles.